The Balaban J connectivity index is 1.49. The monoisotopic (exact) mass is 476 g/mol. The number of carbonyl (C=O) groups excluding carboxylic acids is 2. The first-order chi connectivity index (χ1) is 16.4. The number of hydrogen-bond acceptors (Lipinski definition) is 6. The lowest BCUT2D eigenvalue weighted by Gasteiger charge is -2.10. The third-order valence-corrected chi connectivity index (χ3v) is 5.34. The maximum absolute atomic E-state index is 12.2. The molecular weight excluding hydrogens is 456 g/mol. The Morgan fingerprint density at radius 1 is 0.912 bits per heavy atom. The molecule has 9 nitrogen and oxygen atoms in total. The summed E-state index contributed by atoms with van der Waals surface area (Å²) in [5.41, 5.74) is 5.92. The Hall–Kier alpha value is -4.62. The van der Waals surface area contributed by atoms with Gasteiger partial charge in [0.1, 0.15) is 11.8 Å². The van der Waals surface area contributed by atoms with Crippen LogP contribution in [0.25, 0.3) is 6.08 Å². The predicted molar refractivity (Wildman–Crippen MR) is 127 cm³/mol. The number of carbonyl (C=O) groups is 2. The number of anilines is 1. The number of nitrogens with zero attached hydrogens (tertiary/aromatic N) is 1. The molecule has 0 aliphatic rings. The molecule has 0 saturated heterocycles. The summed E-state index contributed by atoms with van der Waals surface area (Å²) in [4.78, 5) is 24.1. The maximum Gasteiger partial charge on any atom is 0.276 e. The van der Waals surface area contributed by atoms with Crippen molar-refractivity contribution in [3.63, 3.8) is 0 Å². The van der Waals surface area contributed by atoms with Crippen LogP contribution in [0.5, 0.6) is 5.75 Å². The lowest BCUT2D eigenvalue weighted by Crippen LogP contribution is -2.43. The van der Waals surface area contributed by atoms with Crippen molar-refractivity contribution in [2.75, 3.05) is 11.3 Å². The molecule has 0 atom stereocenters. The van der Waals surface area contributed by atoms with Gasteiger partial charge in [-0.15, -0.1) is 0 Å². The van der Waals surface area contributed by atoms with Crippen LogP contribution in [0.1, 0.15) is 21.5 Å². The van der Waals surface area contributed by atoms with Crippen LogP contribution in [-0.4, -0.2) is 26.8 Å². The van der Waals surface area contributed by atoms with Gasteiger partial charge in [0.15, 0.2) is 6.61 Å². The molecule has 0 bridgehead atoms. The minimum Gasteiger partial charge on any atom is -0.482 e. The second kappa shape index (κ2) is 11.3. The van der Waals surface area contributed by atoms with E-state index in [0.717, 1.165) is 11.0 Å². The molecule has 3 aromatic rings. The Kier molecular flexibility index (Phi) is 7.99. The van der Waals surface area contributed by atoms with Crippen molar-refractivity contribution >= 4 is 33.6 Å². The molecule has 172 valence electrons. The molecule has 2 amide bonds. The summed E-state index contributed by atoms with van der Waals surface area (Å²) >= 11 is 0. The van der Waals surface area contributed by atoms with Gasteiger partial charge >= 0.3 is 0 Å². The highest BCUT2D eigenvalue weighted by Gasteiger charge is 2.11. The molecule has 0 spiro atoms. The van der Waals surface area contributed by atoms with Gasteiger partial charge < -0.3 is 4.74 Å². The summed E-state index contributed by atoms with van der Waals surface area (Å²) in [6.45, 7) is -0.407. The molecule has 0 fully saturated rings. The quantitative estimate of drug-likeness (QED) is 0.428. The SMILES string of the molecule is N#Cc1ccccc1OCC(=O)NNC(=O)c1ccc(NS(=O)(=O)/C=C/c2ccccc2)cc1. The number of amides is 2. The Morgan fingerprint density at radius 2 is 1.59 bits per heavy atom. The molecule has 0 saturated carbocycles. The van der Waals surface area contributed by atoms with Crippen molar-refractivity contribution < 1.29 is 22.7 Å². The number of sulfonamides is 1. The van der Waals surface area contributed by atoms with Crippen LogP contribution in [0.15, 0.2) is 84.3 Å². The average molecular weight is 477 g/mol. The van der Waals surface area contributed by atoms with E-state index in [2.05, 4.69) is 15.6 Å². The molecule has 3 aromatic carbocycles. The molecule has 0 unspecified atom stereocenters. The van der Waals surface area contributed by atoms with E-state index in [1.54, 1.807) is 48.5 Å². The lowest BCUT2D eigenvalue weighted by molar-refractivity contribution is -0.123. The lowest BCUT2D eigenvalue weighted by atomic mass is 10.2. The van der Waals surface area contributed by atoms with Crippen LogP contribution in [0.4, 0.5) is 5.69 Å². The summed E-state index contributed by atoms with van der Waals surface area (Å²) in [5.74, 6) is -0.983. The highest BCUT2D eigenvalue weighted by molar-refractivity contribution is 7.95. The van der Waals surface area contributed by atoms with Crippen molar-refractivity contribution in [1.29, 1.82) is 5.26 Å². The van der Waals surface area contributed by atoms with Crippen molar-refractivity contribution in [1.82, 2.24) is 10.9 Å². The van der Waals surface area contributed by atoms with Gasteiger partial charge in [-0.05, 0) is 48.0 Å². The minimum atomic E-state index is -3.74. The highest BCUT2D eigenvalue weighted by Crippen LogP contribution is 2.16. The molecule has 3 rings (SSSR count). The fraction of sp³-hybridized carbons (Fsp3) is 0.0417. The first kappa shape index (κ1) is 24.0. The van der Waals surface area contributed by atoms with Gasteiger partial charge in [-0.1, -0.05) is 42.5 Å². The molecule has 34 heavy (non-hydrogen) atoms. The van der Waals surface area contributed by atoms with E-state index in [4.69, 9.17) is 10.00 Å². The third kappa shape index (κ3) is 7.22. The van der Waals surface area contributed by atoms with E-state index in [1.807, 2.05) is 12.1 Å². The number of hydrazine groups is 1. The van der Waals surface area contributed by atoms with Gasteiger partial charge in [0, 0.05) is 11.3 Å². The number of para-hydroxylation sites is 1. The van der Waals surface area contributed by atoms with E-state index >= 15 is 0 Å². The smallest absolute Gasteiger partial charge is 0.276 e. The molecule has 10 heteroatoms. The van der Waals surface area contributed by atoms with E-state index in [0.29, 0.717) is 0 Å². The van der Waals surface area contributed by atoms with Crippen LogP contribution in [-0.2, 0) is 14.8 Å². The van der Waals surface area contributed by atoms with Crippen LogP contribution in [0, 0.1) is 11.3 Å². The Bertz CT molecular complexity index is 1330. The van der Waals surface area contributed by atoms with E-state index < -0.39 is 28.4 Å². The third-order valence-electron chi connectivity index (χ3n) is 4.33. The van der Waals surface area contributed by atoms with Crippen molar-refractivity contribution in [3.8, 4) is 11.8 Å². The molecule has 0 aliphatic carbocycles. The molecule has 0 aromatic heterocycles. The van der Waals surface area contributed by atoms with Crippen LogP contribution in [0.2, 0.25) is 0 Å². The summed E-state index contributed by atoms with van der Waals surface area (Å²) in [6, 6.07) is 23.0. The van der Waals surface area contributed by atoms with Gasteiger partial charge in [0.25, 0.3) is 21.8 Å². The standard InChI is InChI=1S/C24H20N4O5S/c25-16-20-8-4-5-9-22(20)33-17-23(29)26-27-24(30)19-10-12-21(13-11-19)28-34(31,32)15-14-18-6-2-1-3-7-18/h1-15,28H,17H2,(H,26,29)(H,27,30)/b15-14+. The number of nitriles is 1. The molecule has 0 aliphatic heterocycles. The number of ether oxygens (including phenoxy) is 1. The first-order valence-corrected chi connectivity index (χ1v) is 11.5. The Labute approximate surface area is 196 Å². The van der Waals surface area contributed by atoms with Crippen molar-refractivity contribution in [2.24, 2.45) is 0 Å². The van der Waals surface area contributed by atoms with E-state index in [1.165, 1.54) is 30.3 Å². The molecule has 0 radical (unpaired) electrons. The van der Waals surface area contributed by atoms with Gasteiger partial charge in [0.05, 0.1) is 11.0 Å². The van der Waals surface area contributed by atoms with Crippen molar-refractivity contribution in [2.45, 2.75) is 0 Å². The fourth-order valence-electron chi connectivity index (χ4n) is 2.68. The zero-order valence-electron chi connectivity index (χ0n) is 17.8. The van der Waals surface area contributed by atoms with Crippen LogP contribution < -0.4 is 20.3 Å². The number of rotatable bonds is 8. The second-order valence-electron chi connectivity index (χ2n) is 6.84. The zero-order chi connectivity index (χ0) is 24.4. The minimum absolute atomic E-state index is 0.193. The number of benzene rings is 3. The first-order valence-electron chi connectivity index (χ1n) is 9.93. The maximum atomic E-state index is 12.2. The second-order valence-corrected chi connectivity index (χ2v) is 8.40. The largest absolute Gasteiger partial charge is 0.482 e. The zero-order valence-corrected chi connectivity index (χ0v) is 18.6. The summed E-state index contributed by atoms with van der Waals surface area (Å²) in [7, 11) is -3.74. The topological polar surface area (TPSA) is 137 Å². The summed E-state index contributed by atoms with van der Waals surface area (Å²) in [5, 5.41) is 10.1. The normalized spacial score (nSPS) is 10.8. The average Bonchev–Trinajstić information content (AvgIpc) is 2.86. The number of hydrogen-bond donors (Lipinski definition) is 3. The Morgan fingerprint density at radius 3 is 2.29 bits per heavy atom. The molecular formula is C24H20N4O5S. The van der Waals surface area contributed by atoms with Gasteiger partial charge in [0.2, 0.25) is 0 Å². The molecule has 3 N–H and O–H groups in total. The summed E-state index contributed by atoms with van der Waals surface area (Å²) < 4.78 is 32.1. The van der Waals surface area contributed by atoms with Crippen molar-refractivity contribution in [3.05, 3.63) is 101 Å². The van der Waals surface area contributed by atoms with Gasteiger partial charge in [-0.2, -0.15) is 5.26 Å². The van der Waals surface area contributed by atoms with Crippen LogP contribution in [0.3, 0.4) is 0 Å². The number of nitrogens with one attached hydrogen (secondary N) is 3. The predicted octanol–water partition coefficient (Wildman–Crippen LogP) is 2.81. The van der Waals surface area contributed by atoms with Gasteiger partial charge in [-0.25, -0.2) is 8.42 Å². The van der Waals surface area contributed by atoms with Gasteiger partial charge in [-0.3, -0.25) is 25.2 Å². The van der Waals surface area contributed by atoms with Crippen LogP contribution >= 0.6 is 0 Å². The summed E-state index contributed by atoms with van der Waals surface area (Å²) in [6.07, 6.45) is 1.47. The van der Waals surface area contributed by atoms with E-state index in [-0.39, 0.29) is 22.6 Å². The highest BCUT2D eigenvalue weighted by atomic mass is 32.2. The fourth-order valence-corrected chi connectivity index (χ4v) is 3.55. The van der Waals surface area contributed by atoms with E-state index in [9.17, 15) is 18.0 Å². The molecule has 0 heterocycles.